The molecule has 172 valence electrons. The Labute approximate surface area is 183 Å². The van der Waals surface area contributed by atoms with E-state index in [1.54, 1.807) is 30.3 Å². The summed E-state index contributed by atoms with van der Waals surface area (Å²) in [7, 11) is 0. The van der Waals surface area contributed by atoms with Crippen LogP contribution in [0.4, 0.5) is 36.8 Å². The largest absolute Gasteiger partial charge is 0.484 e. The van der Waals surface area contributed by atoms with Gasteiger partial charge in [0.2, 0.25) is 0 Å². The molecule has 2 aromatic rings. The van der Waals surface area contributed by atoms with E-state index >= 15 is 0 Å². The van der Waals surface area contributed by atoms with Crippen LogP contribution in [-0.4, -0.2) is 47.5 Å². The van der Waals surface area contributed by atoms with Gasteiger partial charge in [-0.25, -0.2) is 4.79 Å². The Morgan fingerprint density at radius 1 is 0.938 bits per heavy atom. The third-order valence-corrected chi connectivity index (χ3v) is 5.14. The molecule has 1 fully saturated rings. The number of halogens is 6. The van der Waals surface area contributed by atoms with Gasteiger partial charge in [0.25, 0.3) is 0 Å². The number of urea groups is 1. The van der Waals surface area contributed by atoms with E-state index in [4.69, 9.17) is 0 Å². The summed E-state index contributed by atoms with van der Waals surface area (Å²) in [5.41, 5.74) is 0.994. The van der Waals surface area contributed by atoms with Crippen molar-refractivity contribution < 1.29 is 35.9 Å². The molecule has 3 rings (SSSR count). The predicted molar refractivity (Wildman–Crippen MR) is 109 cm³/mol. The molecule has 0 saturated carbocycles. The van der Waals surface area contributed by atoms with Gasteiger partial charge >= 0.3 is 18.4 Å². The molecule has 0 aliphatic carbocycles. The van der Waals surface area contributed by atoms with Crippen molar-refractivity contribution in [2.75, 3.05) is 23.9 Å². The summed E-state index contributed by atoms with van der Waals surface area (Å²) in [6.07, 6.45) is -9.10. The van der Waals surface area contributed by atoms with Crippen LogP contribution in [0.5, 0.6) is 5.75 Å². The number of benzene rings is 2. The van der Waals surface area contributed by atoms with Crippen LogP contribution in [0.15, 0.2) is 59.6 Å². The fourth-order valence-corrected chi connectivity index (χ4v) is 3.69. The summed E-state index contributed by atoms with van der Waals surface area (Å²) in [6.45, 7) is -2.99. The Morgan fingerprint density at radius 3 is 2.19 bits per heavy atom. The normalized spacial score (nSPS) is 16.6. The van der Waals surface area contributed by atoms with Crippen molar-refractivity contribution in [2.45, 2.75) is 18.9 Å². The van der Waals surface area contributed by atoms with Crippen LogP contribution >= 0.6 is 11.8 Å². The first-order valence-corrected chi connectivity index (χ1v) is 10.2. The summed E-state index contributed by atoms with van der Waals surface area (Å²) >= 11 is 0.983. The van der Waals surface area contributed by atoms with Crippen LogP contribution in [-0.2, 0) is 6.54 Å². The summed E-state index contributed by atoms with van der Waals surface area (Å²) in [6, 6.07) is 13.0. The average Bonchev–Trinajstić information content (AvgIpc) is 2.73. The molecule has 0 spiro atoms. The highest BCUT2D eigenvalue weighted by Gasteiger charge is 2.40. The van der Waals surface area contributed by atoms with E-state index in [0.29, 0.717) is 16.2 Å². The lowest BCUT2D eigenvalue weighted by Crippen LogP contribution is -2.53. The molecule has 1 heterocycles. The van der Waals surface area contributed by atoms with Crippen molar-refractivity contribution in [3.63, 3.8) is 0 Å². The van der Waals surface area contributed by atoms with Gasteiger partial charge in [-0.1, -0.05) is 42.1 Å². The highest BCUT2D eigenvalue weighted by Crippen LogP contribution is 2.29. The second kappa shape index (κ2) is 9.72. The van der Waals surface area contributed by atoms with E-state index in [1.807, 2.05) is 0 Å². The van der Waals surface area contributed by atoms with Crippen LogP contribution < -0.4 is 9.64 Å². The molecule has 2 amide bonds. The quantitative estimate of drug-likeness (QED) is 0.503. The number of carbonyl (C=O) groups is 1. The maximum Gasteiger partial charge on any atom is 0.422 e. The minimum absolute atomic E-state index is 0.00171. The van der Waals surface area contributed by atoms with Gasteiger partial charge in [-0.15, -0.1) is 0 Å². The fourth-order valence-electron chi connectivity index (χ4n) is 2.74. The number of amides is 2. The number of anilines is 1. The maximum absolute atomic E-state index is 13.1. The number of rotatable bonds is 6. The number of carbonyl (C=O) groups excluding carboxylic acids is 1. The SMILES string of the molecule is O=C1N(CC(F)(F)F)C(=NCc2ccc(OCC(F)(F)F)cc2)SCN1c1ccccc1. The first-order valence-electron chi connectivity index (χ1n) is 9.18. The second-order valence-electron chi connectivity index (χ2n) is 6.67. The molecule has 12 heteroatoms. The lowest BCUT2D eigenvalue weighted by molar-refractivity contribution is -0.153. The topological polar surface area (TPSA) is 45.1 Å². The average molecular weight is 477 g/mol. The van der Waals surface area contributed by atoms with E-state index in [-0.39, 0.29) is 23.3 Å². The second-order valence-corrected chi connectivity index (χ2v) is 7.58. The zero-order valence-corrected chi connectivity index (χ0v) is 17.2. The Kier molecular flexibility index (Phi) is 7.22. The van der Waals surface area contributed by atoms with Gasteiger partial charge in [0.1, 0.15) is 12.3 Å². The molecule has 5 nitrogen and oxygen atoms in total. The zero-order valence-electron chi connectivity index (χ0n) is 16.4. The first kappa shape index (κ1) is 23.8. The van der Waals surface area contributed by atoms with Gasteiger partial charge in [-0.05, 0) is 29.8 Å². The molecule has 1 aliphatic rings. The highest BCUT2D eigenvalue weighted by molar-refractivity contribution is 8.14. The molecule has 0 radical (unpaired) electrons. The summed E-state index contributed by atoms with van der Waals surface area (Å²) < 4.78 is 80.6. The van der Waals surface area contributed by atoms with E-state index in [9.17, 15) is 31.1 Å². The Balaban J connectivity index is 1.73. The zero-order chi connectivity index (χ0) is 23.4. The number of nitrogens with zero attached hydrogens (tertiary/aromatic N) is 3. The maximum atomic E-state index is 13.1. The number of ether oxygens (including phenoxy) is 1. The van der Waals surface area contributed by atoms with E-state index in [2.05, 4.69) is 9.73 Å². The van der Waals surface area contributed by atoms with Crippen LogP contribution in [0.25, 0.3) is 0 Å². The third kappa shape index (κ3) is 6.81. The van der Waals surface area contributed by atoms with E-state index in [0.717, 1.165) is 11.8 Å². The molecule has 0 aromatic heterocycles. The monoisotopic (exact) mass is 477 g/mol. The minimum atomic E-state index is -4.63. The molecular formula is C20H17F6N3O2S. The first-order chi connectivity index (χ1) is 15.0. The van der Waals surface area contributed by atoms with Crippen molar-refractivity contribution >= 4 is 28.6 Å². The van der Waals surface area contributed by atoms with Gasteiger partial charge in [0.05, 0.1) is 12.4 Å². The Hall–Kier alpha value is -2.89. The number of aliphatic imine (C=N–C) groups is 1. The van der Waals surface area contributed by atoms with Crippen LogP contribution in [0, 0.1) is 0 Å². The Morgan fingerprint density at radius 2 is 1.59 bits per heavy atom. The standard InChI is InChI=1S/C20H17F6N3O2S/c21-19(22,23)11-28-17(32-13-29(18(28)30)15-4-2-1-3-5-15)27-10-14-6-8-16(9-7-14)31-12-20(24,25)26/h1-9H,10-13H2. The summed E-state index contributed by atoms with van der Waals surface area (Å²) in [4.78, 5) is 18.7. The molecule has 1 aliphatic heterocycles. The molecule has 0 bridgehead atoms. The number of thioether (sulfide) groups is 1. The molecule has 1 saturated heterocycles. The molecule has 0 N–H and O–H groups in total. The van der Waals surface area contributed by atoms with Crippen LogP contribution in [0.2, 0.25) is 0 Å². The minimum Gasteiger partial charge on any atom is -0.484 e. The molecule has 32 heavy (non-hydrogen) atoms. The Bertz CT molecular complexity index is 949. The summed E-state index contributed by atoms with van der Waals surface area (Å²) in [5.74, 6) is 0.0819. The van der Waals surface area contributed by atoms with Crippen molar-refractivity contribution in [2.24, 2.45) is 4.99 Å². The summed E-state index contributed by atoms with van der Waals surface area (Å²) in [5, 5.41) is -0.0862. The lowest BCUT2D eigenvalue weighted by Gasteiger charge is -2.36. The molecular weight excluding hydrogens is 460 g/mol. The van der Waals surface area contributed by atoms with Crippen molar-refractivity contribution in [3.8, 4) is 5.75 Å². The highest BCUT2D eigenvalue weighted by atomic mass is 32.2. The van der Waals surface area contributed by atoms with Crippen LogP contribution in [0.1, 0.15) is 5.56 Å². The number of hydrogen-bond acceptors (Lipinski definition) is 4. The number of hydrogen-bond donors (Lipinski definition) is 0. The number of para-hydroxylation sites is 1. The van der Waals surface area contributed by atoms with Gasteiger partial charge in [-0.2, -0.15) is 26.3 Å². The van der Waals surface area contributed by atoms with Crippen molar-refractivity contribution in [1.29, 1.82) is 0 Å². The van der Waals surface area contributed by atoms with E-state index < -0.39 is 31.5 Å². The van der Waals surface area contributed by atoms with Gasteiger partial charge in [0.15, 0.2) is 11.8 Å². The lowest BCUT2D eigenvalue weighted by atomic mass is 10.2. The van der Waals surface area contributed by atoms with E-state index in [1.165, 1.54) is 29.2 Å². The molecule has 0 atom stereocenters. The van der Waals surface area contributed by atoms with Crippen LogP contribution in [0.3, 0.4) is 0 Å². The van der Waals surface area contributed by atoms with Crippen molar-refractivity contribution in [3.05, 3.63) is 60.2 Å². The third-order valence-electron chi connectivity index (χ3n) is 4.14. The number of amidine groups is 1. The van der Waals surface area contributed by atoms with Crippen molar-refractivity contribution in [1.82, 2.24) is 4.90 Å². The van der Waals surface area contributed by atoms with Gasteiger partial charge < -0.3 is 4.74 Å². The molecule has 0 unspecified atom stereocenters. The predicted octanol–water partition coefficient (Wildman–Crippen LogP) is 5.68. The molecule has 2 aromatic carbocycles. The van der Waals surface area contributed by atoms with Gasteiger partial charge in [0, 0.05) is 5.69 Å². The van der Waals surface area contributed by atoms with Gasteiger partial charge in [-0.3, -0.25) is 14.8 Å². The fraction of sp³-hybridized carbons (Fsp3) is 0.300. The smallest absolute Gasteiger partial charge is 0.422 e. The number of alkyl halides is 6.